The molecule has 42 heavy (non-hydrogen) atoms. The number of nitrogens with zero attached hydrogens (tertiary/aromatic N) is 3. The number of hydrogen-bond acceptors (Lipinski definition) is 9. The summed E-state index contributed by atoms with van der Waals surface area (Å²) in [6.07, 6.45) is 5.20. The van der Waals surface area contributed by atoms with Crippen LogP contribution in [0.2, 0.25) is 0 Å². The Morgan fingerprint density at radius 2 is 1.93 bits per heavy atom. The average Bonchev–Trinajstić information content (AvgIpc) is 3.52. The Bertz CT molecular complexity index is 1340. The quantitative estimate of drug-likeness (QED) is 0.277. The number of nitrogens with one attached hydrogen (secondary N) is 2. The Morgan fingerprint density at radius 3 is 2.60 bits per heavy atom. The molecule has 3 N–H and O–H groups in total. The highest BCUT2D eigenvalue weighted by Crippen LogP contribution is 2.38. The fourth-order valence-corrected chi connectivity index (χ4v) is 5.71. The third-order valence-corrected chi connectivity index (χ3v) is 7.89. The Morgan fingerprint density at radius 1 is 1.14 bits per heavy atom. The molecule has 0 bridgehead atoms. The number of amides is 1. The molecule has 2 aromatic carbocycles. The highest BCUT2D eigenvalue weighted by atomic mass is 16.5. The molecule has 0 aliphatic carbocycles. The first-order valence-corrected chi connectivity index (χ1v) is 15.0. The molecule has 3 aromatic rings. The van der Waals surface area contributed by atoms with E-state index >= 15 is 0 Å². The van der Waals surface area contributed by atoms with E-state index in [0.29, 0.717) is 49.8 Å². The number of carbonyl (C=O) groups excluding carboxylic acids is 1. The summed E-state index contributed by atoms with van der Waals surface area (Å²) in [6.45, 7) is 9.26. The lowest BCUT2D eigenvalue weighted by molar-refractivity contribution is 0.0777. The van der Waals surface area contributed by atoms with Crippen molar-refractivity contribution in [3.05, 3.63) is 53.7 Å². The number of aromatic nitrogens is 1. The van der Waals surface area contributed by atoms with E-state index in [-0.39, 0.29) is 18.6 Å². The molecule has 2 aliphatic rings. The van der Waals surface area contributed by atoms with E-state index < -0.39 is 0 Å². The Hall–Kier alpha value is -3.60. The molecular formula is C32H43N5O5. The Balaban J connectivity index is 1.24. The van der Waals surface area contributed by atoms with Crippen molar-refractivity contribution in [1.82, 2.24) is 20.7 Å². The van der Waals surface area contributed by atoms with Gasteiger partial charge in [-0.2, -0.15) is 0 Å². The van der Waals surface area contributed by atoms with E-state index in [2.05, 4.69) is 20.6 Å². The second-order valence-electron chi connectivity index (χ2n) is 11.3. The van der Waals surface area contributed by atoms with Gasteiger partial charge in [0.2, 0.25) is 0 Å². The van der Waals surface area contributed by atoms with Gasteiger partial charge >= 0.3 is 0 Å². The summed E-state index contributed by atoms with van der Waals surface area (Å²) >= 11 is 0. The molecule has 0 radical (unpaired) electrons. The average molecular weight is 578 g/mol. The van der Waals surface area contributed by atoms with Crippen LogP contribution in [0.1, 0.15) is 49.0 Å². The van der Waals surface area contributed by atoms with Crippen molar-refractivity contribution >= 4 is 22.5 Å². The lowest BCUT2D eigenvalue weighted by Gasteiger charge is -2.37. The molecule has 1 unspecified atom stereocenters. The Kier molecular flexibility index (Phi) is 9.99. The number of aliphatic hydroxyl groups is 1. The fraction of sp³-hybridized carbons (Fsp3) is 0.500. The molecular weight excluding hydrogens is 534 g/mol. The largest absolute Gasteiger partial charge is 0.493 e. The number of pyridine rings is 1. The molecule has 2 fully saturated rings. The monoisotopic (exact) mass is 577 g/mol. The van der Waals surface area contributed by atoms with E-state index in [9.17, 15) is 9.90 Å². The highest BCUT2D eigenvalue weighted by molar-refractivity contribution is 5.96. The van der Waals surface area contributed by atoms with Gasteiger partial charge in [0, 0.05) is 55.0 Å². The maximum absolute atomic E-state index is 12.9. The van der Waals surface area contributed by atoms with Crippen LogP contribution in [0.5, 0.6) is 17.2 Å². The summed E-state index contributed by atoms with van der Waals surface area (Å²) < 4.78 is 17.5. The number of aliphatic hydroxyl groups excluding tert-OH is 1. The van der Waals surface area contributed by atoms with Gasteiger partial charge in [-0.05, 0) is 82.4 Å². The predicted molar refractivity (Wildman–Crippen MR) is 163 cm³/mol. The van der Waals surface area contributed by atoms with Crippen LogP contribution in [0.25, 0.3) is 10.9 Å². The van der Waals surface area contributed by atoms with Gasteiger partial charge < -0.3 is 29.5 Å². The van der Waals surface area contributed by atoms with Crippen LogP contribution < -0.4 is 29.9 Å². The number of fused-ring (bicyclic) bond motifs is 1. The summed E-state index contributed by atoms with van der Waals surface area (Å²) in [6, 6.07) is 11.1. The number of ether oxygens (including phenoxy) is 3. The number of benzene rings is 2. The van der Waals surface area contributed by atoms with Gasteiger partial charge in [-0.3, -0.25) is 15.2 Å². The minimum absolute atomic E-state index is 0.0791. The van der Waals surface area contributed by atoms with E-state index in [1.165, 1.54) is 6.42 Å². The molecule has 3 heterocycles. The van der Waals surface area contributed by atoms with E-state index in [0.717, 1.165) is 59.8 Å². The molecule has 1 aromatic heterocycles. The van der Waals surface area contributed by atoms with Gasteiger partial charge in [-0.1, -0.05) is 0 Å². The topological polar surface area (TPSA) is 108 Å². The first kappa shape index (κ1) is 29.9. The number of piperazine rings is 1. The van der Waals surface area contributed by atoms with Crippen LogP contribution >= 0.6 is 0 Å². The minimum Gasteiger partial charge on any atom is -0.493 e. The number of hydrogen-bond donors (Lipinski definition) is 3. The van der Waals surface area contributed by atoms with Crippen molar-refractivity contribution < 1.29 is 24.1 Å². The third-order valence-electron chi connectivity index (χ3n) is 7.89. The maximum Gasteiger partial charge on any atom is 0.265 e. The number of methoxy groups -OCH3 is 1. The van der Waals surface area contributed by atoms with Crippen molar-refractivity contribution in [3.63, 3.8) is 0 Å². The van der Waals surface area contributed by atoms with Crippen molar-refractivity contribution in [2.24, 2.45) is 5.92 Å². The molecule has 0 spiro atoms. The minimum atomic E-state index is -0.151. The smallest absolute Gasteiger partial charge is 0.265 e. The molecule has 2 aliphatic heterocycles. The van der Waals surface area contributed by atoms with Crippen LogP contribution in [-0.4, -0.2) is 80.1 Å². The number of rotatable bonds is 12. The second-order valence-corrected chi connectivity index (χ2v) is 11.3. The van der Waals surface area contributed by atoms with Gasteiger partial charge in [0.1, 0.15) is 5.75 Å². The summed E-state index contributed by atoms with van der Waals surface area (Å²) in [4.78, 5) is 19.7. The van der Waals surface area contributed by atoms with Crippen LogP contribution in [0.3, 0.4) is 0 Å². The molecule has 226 valence electrons. The highest BCUT2D eigenvalue weighted by Gasteiger charge is 2.24. The van der Waals surface area contributed by atoms with Crippen molar-refractivity contribution in [2.45, 2.75) is 45.8 Å². The zero-order valence-corrected chi connectivity index (χ0v) is 24.9. The summed E-state index contributed by atoms with van der Waals surface area (Å²) in [7, 11) is 1.65. The predicted octanol–water partition coefficient (Wildman–Crippen LogP) is 3.76. The van der Waals surface area contributed by atoms with Crippen LogP contribution in [0.15, 0.2) is 42.6 Å². The molecule has 1 atom stereocenters. The summed E-state index contributed by atoms with van der Waals surface area (Å²) in [5.41, 5.74) is 6.09. The second kappa shape index (κ2) is 14.0. The molecule has 5 rings (SSSR count). The lowest BCUT2D eigenvalue weighted by atomic mass is 10.0. The summed E-state index contributed by atoms with van der Waals surface area (Å²) in [5.74, 6) is 2.66. The van der Waals surface area contributed by atoms with Crippen LogP contribution in [0.4, 0.5) is 5.69 Å². The van der Waals surface area contributed by atoms with Gasteiger partial charge in [0.05, 0.1) is 37.6 Å². The van der Waals surface area contributed by atoms with Gasteiger partial charge in [-0.25, -0.2) is 5.01 Å². The molecule has 1 amide bonds. The van der Waals surface area contributed by atoms with Gasteiger partial charge in [-0.15, -0.1) is 0 Å². The molecule has 10 nitrogen and oxygen atoms in total. The first-order valence-electron chi connectivity index (χ1n) is 15.0. The summed E-state index contributed by atoms with van der Waals surface area (Å²) in [5, 5.41) is 16.4. The van der Waals surface area contributed by atoms with Crippen LogP contribution in [-0.2, 0) is 6.61 Å². The third kappa shape index (κ3) is 7.24. The van der Waals surface area contributed by atoms with Crippen LogP contribution in [0, 0.1) is 5.92 Å². The van der Waals surface area contributed by atoms with E-state index in [1.54, 1.807) is 25.4 Å². The van der Waals surface area contributed by atoms with Crippen molar-refractivity contribution in [3.8, 4) is 17.2 Å². The Labute approximate surface area is 247 Å². The zero-order valence-electron chi connectivity index (χ0n) is 24.9. The standard InChI is InChI=1S/C32H43N5O5/c1-22(2)42-26-8-6-24(7-9-26)32(39)35-37-14-12-36(13-15-37)31-25(21-38)20-34-28-18-30(29(40-3)17-27(28)31)41-16-4-5-23-10-11-33-19-23/h6-9,17-18,20,22-23,33,38H,4-5,10-16,19,21H2,1-3H3,(H,35,39). The normalized spacial score (nSPS) is 17.5. The SMILES string of the molecule is COc1cc2c(N3CCN(NC(=O)c4ccc(OC(C)C)cc4)CC3)c(CO)cnc2cc1OCCCC1CCNC1. The molecule has 0 saturated carbocycles. The van der Waals surface area contributed by atoms with Gasteiger partial charge in [0.25, 0.3) is 5.91 Å². The number of anilines is 1. The van der Waals surface area contributed by atoms with E-state index in [1.807, 2.05) is 43.1 Å². The van der Waals surface area contributed by atoms with Crippen molar-refractivity contribution in [1.29, 1.82) is 0 Å². The van der Waals surface area contributed by atoms with Gasteiger partial charge in [0.15, 0.2) is 11.5 Å². The van der Waals surface area contributed by atoms with Crippen molar-refractivity contribution in [2.75, 3.05) is 57.9 Å². The van der Waals surface area contributed by atoms with E-state index in [4.69, 9.17) is 14.2 Å². The fourth-order valence-electron chi connectivity index (χ4n) is 5.71. The maximum atomic E-state index is 12.9. The first-order chi connectivity index (χ1) is 20.4. The zero-order chi connectivity index (χ0) is 29.5. The molecule has 2 saturated heterocycles. The lowest BCUT2D eigenvalue weighted by Crippen LogP contribution is -2.53. The number of carbonyl (C=O) groups is 1. The molecule has 10 heteroatoms. The number of hydrazine groups is 1.